The summed E-state index contributed by atoms with van der Waals surface area (Å²) in [6.07, 6.45) is 7.22. The Bertz CT molecular complexity index is 234. The molecule has 3 nitrogen and oxygen atoms in total. The van der Waals surface area contributed by atoms with Gasteiger partial charge in [-0.1, -0.05) is 19.8 Å². The van der Waals surface area contributed by atoms with Crippen molar-refractivity contribution in [1.82, 2.24) is 10.2 Å². The third kappa shape index (κ3) is 3.67. The average Bonchev–Trinajstić information content (AvgIpc) is 2.77. The van der Waals surface area contributed by atoms with E-state index < -0.39 is 0 Å². The molecule has 1 aliphatic carbocycles. The van der Waals surface area contributed by atoms with E-state index in [4.69, 9.17) is 4.74 Å². The number of rotatable bonds is 4. The molecule has 1 saturated heterocycles. The Morgan fingerprint density at radius 2 is 2.12 bits per heavy atom. The van der Waals surface area contributed by atoms with Crippen molar-refractivity contribution in [3.8, 4) is 0 Å². The van der Waals surface area contributed by atoms with Crippen molar-refractivity contribution in [3.05, 3.63) is 0 Å². The Labute approximate surface area is 106 Å². The molecule has 3 heteroatoms. The van der Waals surface area contributed by atoms with Gasteiger partial charge in [0, 0.05) is 32.3 Å². The highest BCUT2D eigenvalue weighted by molar-refractivity contribution is 4.86. The molecule has 2 aliphatic rings. The highest BCUT2D eigenvalue weighted by atomic mass is 16.5. The monoisotopic (exact) mass is 240 g/mol. The maximum Gasteiger partial charge on any atom is 0.0711 e. The molecular weight excluding hydrogens is 212 g/mol. The second kappa shape index (κ2) is 6.17. The lowest BCUT2D eigenvalue weighted by Gasteiger charge is -2.35. The van der Waals surface area contributed by atoms with E-state index in [0.29, 0.717) is 12.1 Å². The van der Waals surface area contributed by atoms with Crippen LogP contribution in [0.5, 0.6) is 0 Å². The minimum absolute atomic E-state index is 0.429. The first-order valence-corrected chi connectivity index (χ1v) is 7.15. The van der Waals surface area contributed by atoms with Gasteiger partial charge in [-0.2, -0.15) is 0 Å². The zero-order valence-electron chi connectivity index (χ0n) is 11.6. The maximum atomic E-state index is 5.40. The Morgan fingerprint density at radius 1 is 1.29 bits per heavy atom. The molecule has 0 aromatic rings. The molecule has 4 unspecified atom stereocenters. The molecule has 0 bridgehead atoms. The molecule has 1 heterocycles. The summed E-state index contributed by atoms with van der Waals surface area (Å²) >= 11 is 0. The van der Waals surface area contributed by atoms with E-state index in [-0.39, 0.29) is 0 Å². The van der Waals surface area contributed by atoms with Crippen molar-refractivity contribution in [2.75, 3.05) is 27.2 Å². The molecule has 1 N–H and O–H groups in total. The van der Waals surface area contributed by atoms with Crippen molar-refractivity contribution in [1.29, 1.82) is 0 Å². The first-order valence-electron chi connectivity index (χ1n) is 7.15. The van der Waals surface area contributed by atoms with Gasteiger partial charge in [-0.3, -0.25) is 0 Å². The summed E-state index contributed by atoms with van der Waals surface area (Å²) in [4.78, 5) is 2.57. The second-order valence-electron chi connectivity index (χ2n) is 6.06. The van der Waals surface area contributed by atoms with Gasteiger partial charge < -0.3 is 15.0 Å². The summed E-state index contributed by atoms with van der Waals surface area (Å²) in [6, 6.07) is 1.43. The lowest BCUT2D eigenvalue weighted by Crippen LogP contribution is -2.42. The van der Waals surface area contributed by atoms with Gasteiger partial charge in [0.1, 0.15) is 0 Å². The van der Waals surface area contributed by atoms with Crippen LogP contribution in [0.2, 0.25) is 0 Å². The van der Waals surface area contributed by atoms with Crippen LogP contribution < -0.4 is 5.32 Å². The molecule has 1 aliphatic heterocycles. The zero-order chi connectivity index (χ0) is 12.3. The Morgan fingerprint density at radius 3 is 2.76 bits per heavy atom. The quantitative estimate of drug-likeness (QED) is 0.812. The molecule has 1 saturated carbocycles. The Kier molecular flexibility index (Phi) is 4.83. The molecule has 0 aromatic heterocycles. The summed E-state index contributed by atoms with van der Waals surface area (Å²) < 4.78 is 5.40. The Hall–Kier alpha value is -0.120. The molecule has 0 aromatic carbocycles. The fraction of sp³-hybridized carbons (Fsp3) is 1.00. The van der Waals surface area contributed by atoms with E-state index in [0.717, 1.165) is 18.5 Å². The summed E-state index contributed by atoms with van der Waals surface area (Å²) in [5.41, 5.74) is 0. The van der Waals surface area contributed by atoms with Crippen molar-refractivity contribution in [3.63, 3.8) is 0 Å². The van der Waals surface area contributed by atoms with E-state index in [2.05, 4.69) is 24.2 Å². The number of ether oxygens (including phenoxy) is 1. The van der Waals surface area contributed by atoms with Crippen molar-refractivity contribution >= 4 is 0 Å². The van der Waals surface area contributed by atoms with E-state index in [1.807, 2.05) is 7.11 Å². The molecular formula is C14H28N2O. The first kappa shape index (κ1) is 13.3. The summed E-state index contributed by atoms with van der Waals surface area (Å²) in [5, 5.41) is 3.57. The maximum absolute atomic E-state index is 5.40. The van der Waals surface area contributed by atoms with Crippen molar-refractivity contribution in [2.45, 2.75) is 57.2 Å². The van der Waals surface area contributed by atoms with E-state index in [9.17, 15) is 0 Å². The van der Waals surface area contributed by atoms with Crippen LogP contribution in [-0.2, 0) is 4.74 Å². The zero-order valence-corrected chi connectivity index (χ0v) is 11.6. The van der Waals surface area contributed by atoms with Gasteiger partial charge >= 0.3 is 0 Å². The van der Waals surface area contributed by atoms with Crippen LogP contribution >= 0.6 is 0 Å². The van der Waals surface area contributed by atoms with Gasteiger partial charge in [0.2, 0.25) is 0 Å². The van der Waals surface area contributed by atoms with Crippen molar-refractivity contribution < 1.29 is 4.74 Å². The van der Waals surface area contributed by atoms with Crippen LogP contribution in [0.3, 0.4) is 0 Å². The first-order chi connectivity index (χ1) is 8.19. The van der Waals surface area contributed by atoms with E-state index >= 15 is 0 Å². The summed E-state index contributed by atoms with van der Waals surface area (Å²) in [7, 11) is 4.12. The third-order valence-electron chi connectivity index (χ3n) is 4.56. The van der Waals surface area contributed by atoms with Gasteiger partial charge in [0.05, 0.1) is 6.10 Å². The Balaban J connectivity index is 1.74. The standard InChI is InChI=1S/C14H28N2O/c1-11-5-4-6-13(7-11)16(2)10-12-8-14(17-3)9-15-12/h11-15H,4-10H2,1-3H3. The number of hydrogen-bond acceptors (Lipinski definition) is 3. The topological polar surface area (TPSA) is 24.5 Å². The smallest absolute Gasteiger partial charge is 0.0711 e. The predicted octanol–water partition coefficient (Wildman–Crippen LogP) is 1.87. The van der Waals surface area contributed by atoms with Gasteiger partial charge in [0.15, 0.2) is 0 Å². The highest BCUT2D eigenvalue weighted by Gasteiger charge is 2.28. The van der Waals surface area contributed by atoms with Crippen molar-refractivity contribution in [2.24, 2.45) is 5.92 Å². The fourth-order valence-corrected chi connectivity index (χ4v) is 3.40. The largest absolute Gasteiger partial charge is 0.380 e. The number of likely N-dealkylation sites (N-methyl/N-ethyl adjacent to an activating group) is 1. The number of nitrogens with one attached hydrogen (secondary N) is 1. The molecule has 2 fully saturated rings. The lowest BCUT2D eigenvalue weighted by atomic mass is 9.86. The van der Waals surface area contributed by atoms with Crippen LogP contribution in [-0.4, -0.2) is 50.3 Å². The summed E-state index contributed by atoms with van der Waals surface area (Å²) in [6.45, 7) is 4.60. The minimum atomic E-state index is 0.429. The lowest BCUT2D eigenvalue weighted by molar-refractivity contribution is 0.112. The van der Waals surface area contributed by atoms with Crippen LogP contribution in [0.25, 0.3) is 0 Å². The molecule has 4 atom stereocenters. The molecule has 2 rings (SSSR count). The van der Waals surface area contributed by atoms with E-state index in [1.165, 1.54) is 38.6 Å². The fourth-order valence-electron chi connectivity index (χ4n) is 3.40. The number of nitrogens with zero attached hydrogens (tertiary/aromatic N) is 1. The number of methoxy groups -OCH3 is 1. The molecule has 0 radical (unpaired) electrons. The van der Waals surface area contributed by atoms with Crippen LogP contribution in [0.15, 0.2) is 0 Å². The second-order valence-corrected chi connectivity index (χ2v) is 6.06. The van der Waals surface area contributed by atoms with Crippen LogP contribution in [0, 0.1) is 5.92 Å². The molecule has 17 heavy (non-hydrogen) atoms. The third-order valence-corrected chi connectivity index (χ3v) is 4.56. The predicted molar refractivity (Wildman–Crippen MR) is 71.3 cm³/mol. The highest BCUT2D eigenvalue weighted by Crippen LogP contribution is 2.27. The molecule has 0 amide bonds. The summed E-state index contributed by atoms with van der Waals surface area (Å²) in [5.74, 6) is 0.916. The average molecular weight is 240 g/mol. The molecule has 100 valence electrons. The number of hydrogen-bond donors (Lipinski definition) is 1. The minimum Gasteiger partial charge on any atom is -0.380 e. The van der Waals surface area contributed by atoms with Crippen LogP contribution in [0.1, 0.15) is 39.0 Å². The molecule has 0 spiro atoms. The van der Waals surface area contributed by atoms with Gasteiger partial charge in [-0.05, 0) is 32.2 Å². The van der Waals surface area contributed by atoms with Gasteiger partial charge in [0.25, 0.3) is 0 Å². The SMILES string of the molecule is COC1CNC(CN(C)C2CCCC(C)C2)C1. The van der Waals surface area contributed by atoms with E-state index in [1.54, 1.807) is 0 Å². The van der Waals surface area contributed by atoms with Gasteiger partial charge in [-0.15, -0.1) is 0 Å². The van der Waals surface area contributed by atoms with Crippen LogP contribution in [0.4, 0.5) is 0 Å². The normalized spacial score (nSPS) is 38.8. The van der Waals surface area contributed by atoms with Gasteiger partial charge in [-0.25, -0.2) is 0 Å².